The molecule has 0 bridgehead atoms. The molecule has 170 valence electrons. The van der Waals surface area contributed by atoms with Gasteiger partial charge in [0.2, 0.25) is 0 Å². The Kier molecular flexibility index (Phi) is 5.45. The molecule has 34 heavy (non-hydrogen) atoms. The fraction of sp³-hybridized carbons (Fsp3) is 0.154. The maximum Gasteiger partial charge on any atom is 0.165 e. The van der Waals surface area contributed by atoms with Gasteiger partial charge in [0.1, 0.15) is 17.4 Å². The summed E-state index contributed by atoms with van der Waals surface area (Å²) < 4.78 is 9.16. The third kappa shape index (κ3) is 4.03. The molecule has 1 N–H and O–H groups in total. The molecule has 0 saturated carbocycles. The lowest BCUT2D eigenvalue weighted by Crippen LogP contribution is -2.26. The predicted molar refractivity (Wildman–Crippen MR) is 135 cm³/mol. The van der Waals surface area contributed by atoms with Crippen LogP contribution in [0, 0.1) is 0 Å². The van der Waals surface area contributed by atoms with Crippen LogP contribution < -0.4 is 4.74 Å². The van der Waals surface area contributed by atoms with E-state index < -0.39 is 0 Å². The van der Waals surface area contributed by atoms with E-state index in [9.17, 15) is 5.11 Å². The number of phenols is 1. The summed E-state index contributed by atoms with van der Waals surface area (Å²) >= 11 is 7.63. The number of nitrogens with zero attached hydrogens (tertiary/aromatic N) is 4. The topological polar surface area (TPSA) is 63.4 Å². The summed E-state index contributed by atoms with van der Waals surface area (Å²) in [4.78, 5) is 11.5. The normalized spacial score (nSPS) is 14.0. The van der Waals surface area contributed by atoms with E-state index in [1.54, 1.807) is 23.6 Å². The Morgan fingerprint density at radius 2 is 2.00 bits per heavy atom. The summed E-state index contributed by atoms with van der Waals surface area (Å²) in [5.41, 5.74) is 3.93. The molecular formula is C26H21ClN4O2S. The molecule has 0 amide bonds. The highest BCUT2D eigenvalue weighted by molar-refractivity contribution is 7.21. The highest BCUT2D eigenvalue weighted by atomic mass is 35.5. The number of para-hydroxylation sites is 1. The van der Waals surface area contributed by atoms with Gasteiger partial charge in [-0.25, -0.2) is 9.97 Å². The third-order valence-corrected chi connectivity index (χ3v) is 7.22. The van der Waals surface area contributed by atoms with E-state index in [-0.39, 0.29) is 5.75 Å². The molecule has 0 atom stereocenters. The molecular weight excluding hydrogens is 468 g/mol. The molecule has 0 fully saturated rings. The largest absolute Gasteiger partial charge is 0.504 e. The number of thiazole rings is 1. The highest BCUT2D eigenvalue weighted by Gasteiger charge is 2.22. The minimum absolute atomic E-state index is 0.155. The van der Waals surface area contributed by atoms with Gasteiger partial charge in [-0.05, 0) is 48.5 Å². The van der Waals surface area contributed by atoms with Gasteiger partial charge in [0.15, 0.2) is 11.5 Å². The van der Waals surface area contributed by atoms with Gasteiger partial charge in [-0.2, -0.15) is 0 Å². The Balaban J connectivity index is 1.30. The van der Waals surface area contributed by atoms with Crippen LogP contribution in [0.4, 0.5) is 0 Å². The SMILES string of the molecule is Oc1cc(-c2nc3ccccc3s2)cc2c1OCCN(Cc1cccn1-c1ccc(Cl)cn1)C2. The van der Waals surface area contributed by atoms with E-state index >= 15 is 0 Å². The van der Waals surface area contributed by atoms with E-state index in [0.717, 1.165) is 44.4 Å². The van der Waals surface area contributed by atoms with Crippen LogP contribution in [-0.2, 0) is 13.1 Å². The second-order valence-electron chi connectivity index (χ2n) is 8.23. The molecule has 6 rings (SSSR count). The standard InChI is InChI=1S/C26H21ClN4O2S/c27-19-7-8-24(28-14-19)31-9-3-4-20(31)16-30-10-11-33-25-18(15-30)12-17(13-22(25)32)26-29-21-5-1-2-6-23(21)34-26/h1-9,12-14,32H,10-11,15-16H2. The van der Waals surface area contributed by atoms with Crippen LogP contribution in [-0.4, -0.2) is 37.7 Å². The number of fused-ring (bicyclic) bond motifs is 2. The molecule has 0 unspecified atom stereocenters. The lowest BCUT2D eigenvalue weighted by Gasteiger charge is -2.20. The second-order valence-corrected chi connectivity index (χ2v) is 9.70. The fourth-order valence-electron chi connectivity index (χ4n) is 4.32. The van der Waals surface area contributed by atoms with Crippen molar-refractivity contribution < 1.29 is 9.84 Å². The van der Waals surface area contributed by atoms with Gasteiger partial charge in [0.05, 0.1) is 15.2 Å². The van der Waals surface area contributed by atoms with Crippen LogP contribution >= 0.6 is 22.9 Å². The minimum Gasteiger partial charge on any atom is -0.504 e. The Hall–Kier alpha value is -3.39. The average Bonchev–Trinajstić information content (AvgIpc) is 3.42. The first-order valence-corrected chi connectivity index (χ1v) is 12.2. The van der Waals surface area contributed by atoms with E-state index in [1.807, 2.05) is 42.6 Å². The lowest BCUT2D eigenvalue weighted by molar-refractivity contribution is 0.214. The quantitative estimate of drug-likeness (QED) is 0.341. The fourth-order valence-corrected chi connectivity index (χ4v) is 5.38. The van der Waals surface area contributed by atoms with Gasteiger partial charge < -0.3 is 14.4 Å². The van der Waals surface area contributed by atoms with Crippen molar-refractivity contribution in [2.45, 2.75) is 13.1 Å². The van der Waals surface area contributed by atoms with Gasteiger partial charge in [-0.15, -0.1) is 11.3 Å². The summed E-state index contributed by atoms with van der Waals surface area (Å²) in [7, 11) is 0. The zero-order chi connectivity index (χ0) is 23.1. The molecule has 0 saturated heterocycles. The number of phenolic OH excluding ortho intramolecular Hbond substituents is 1. The van der Waals surface area contributed by atoms with Gasteiger partial charge in [-0.1, -0.05) is 23.7 Å². The van der Waals surface area contributed by atoms with E-state index in [4.69, 9.17) is 21.3 Å². The summed E-state index contributed by atoms with van der Waals surface area (Å²) in [6.45, 7) is 2.61. The number of hydrogen-bond donors (Lipinski definition) is 1. The van der Waals surface area contributed by atoms with Gasteiger partial charge >= 0.3 is 0 Å². The van der Waals surface area contributed by atoms with Crippen molar-refractivity contribution in [3.63, 3.8) is 0 Å². The van der Waals surface area contributed by atoms with Gasteiger partial charge in [0, 0.05) is 48.8 Å². The zero-order valence-electron chi connectivity index (χ0n) is 18.2. The number of ether oxygens (including phenoxy) is 1. The van der Waals surface area contributed by atoms with Crippen molar-refractivity contribution in [2.24, 2.45) is 0 Å². The smallest absolute Gasteiger partial charge is 0.165 e. The molecule has 0 radical (unpaired) electrons. The molecule has 1 aliphatic rings. The van der Waals surface area contributed by atoms with Crippen molar-refractivity contribution >= 4 is 33.2 Å². The van der Waals surface area contributed by atoms with Crippen LogP contribution in [0.25, 0.3) is 26.6 Å². The van der Waals surface area contributed by atoms with E-state index in [0.29, 0.717) is 30.5 Å². The Morgan fingerprint density at radius 1 is 1.09 bits per heavy atom. The maximum atomic E-state index is 10.8. The van der Waals surface area contributed by atoms with Crippen LogP contribution in [0.1, 0.15) is 11.3 Å². The maximum absolute atomic E-state index is 10.8. The first-order chi connectivity index (χ1) is 16.6. The van der Waals surface area contributed by atoms with E-state index in [2.05, 4.69) is 32.7 Å². The molecule has 8 heteroatoms. The number of aromatic hydroxyl groups is 1. The number of aromatic nitrogens is 3. The van der Waals surface area contributed by atoms with Crippen molar-refractivity contribution in [3.05, 3.63) is 89.3 Å². The first kappa shape index (κ1) is 21.2. The molecule has 0 aliphatic carbocycles. The number of hydrogen-bond acceptors (Lipinski definition) is 6. The zero-order valence-corrected chi connectivity index (χ0v) is 19.8. The average molecular weight is 489 g/mol. The minimum atomic E-state index is 0.155. The summed E-state index contributed by atoms with van der Waals surface area (Å²) in [6, 6.07) is 19.8. The monoisotopic (exact) mass is 488 g/mol. The van der Waals surface area contributed by atoms with Gasteiger partial charge in [-0.3, -0.25) is 4.90 Å². The van der Waals surface area contributed by atoms with Crippen molar-refractivity contribution in [2.75, 3.05) is 13.2 Å². The number of pyridine rings is 1. The molecule has 6 nitrogen and oxygen atoms in total. The molecule has 1 aliphatic heterocycles. The van der Waals surface area contributed by atoms with Crippen LogP contribution in [0.5, 0.6) is 11.5 Å². The molecule has 4 heterocycles. The van der Waals surface area contributed by atoms with Crippen molar-refractivity contribution in [1.82, 2.24) is 19.4 Å². The summed E-state index contributed by atoms with van der Waals surface area (Å²) in [5.74, 6) is 1.54. The first-order valence-electron chi connectivity index (χ1n) is 11.0. The molecule has 2 aromatic carbocycles. The van der Waals surface area contributed by atoms with E-state index in [1.165, 1.54) is 0 Å². The van der Waals surface area contributed by atoms with Crippen LogP contribution in [0.15, 0.2) is 73.1 Å². The predicted octanol–water partition coefficient (Wildman–Crippen LogP) is 5.90. The molecule has 0 spiro atoms. The van der Waals surface area contributed by atoms with Crippen LogP contribution in [0.2, 0.25) is 5.02 Å². The molecule has 5 aromatic rings. The lowest BCUT2D eigenvalue weighted by atomic mass is 10.1. The highest BCUT2D eigenvalue weighted by Crippen LogP contribution is 2.39. The Labute approximate surface area is 205 Å². The van der Waals surface area contributed by atoms with Crippen molar-refractivity contribution in [1.29, 1.82) is 0 Å². The Morgan fingerprint density at radius 3 is 2.85 bits per heavy atom. The Bertz CT molecular complexity index is 1450. The second kappa shape index (κ2) is 8.76. The molecule has 3 aromatic heterocycles. The number of benzene rings is 2. The number of halogens is 1. The summed E-state index contributed by atoms with van der Waals surface area (Å²) in [5, 5.41) is 12.3. The van der Waals surface area contributed by atoms with Crippen LogP contribution in [0.3, 0.4) is 0 Å². The number of rotatable bonds is 4. The summed E-state index contributed by atoms with van der Waals surface area (Å²) in [6.07, 6.45) is 3.66. The van der Waals surface area contributed by atoms with Crippen molar-refractivity contribution in [3.8, 4) is 27.9 Å². The van der Waals surface area contributed by atoms with Gasteiger partial charge in [0.25, 0.3) is 0 Å². The third-order valence-electron chi connectivity index (χ3n) is 5.91.